The summed E-state index contributed by atoms with van der Waals surface area (Å²) in [5.41, 5.74) is -1.54. The minimum Gasteiger partial charge on any atom is -0.479 e. The third kappa shape index (κ3) is 0.810. The lowest BCUT2D eigenvalue weighted by molar-refractivity contribution is -0.148. The first-order valence-electron chi connectivity index (χ1n) is 4.79. The third-order valence-electron chi connectivity index (χ3n) is 3.79. The number of hydrogen-bond acceptors (Lipinski definition) is 2. The second-order valence-electron chi connectivity index (χ2n) is 5.06. The van der Waals surface area contributed by atoms with Crippen molar-refractivity contribution in [1.82, 2.24) is 0 Å². The Kier molecular flexibility index (Phi) is 1.44. The molecule has 0 aromatic heterocycles. The summed E-state index contributed by atoms with van der Waals surface area (Å²) < 4.78 is 5.53. The van der Waals surface area contributed by atoms with Crippen molar-refractivity contribution in [2.75, 3.05) is 0 Å². The highest BCUT2D eigenvalue weighted by Crippen LogP contribution is 2.65. The second kappa shape index (κ2) is 2.08. The molecule has 2 unspecified atom stereocenters. The van der Waals surface area contributed by atoms with Crippen molar-refractivity contribution < 1.29 is 14.6 Å². The molecule has 0 aromatic carbocycles. The number of rotatable bonds is 1. The predicted octanol–water partition coefficient (Wildman–Crippen LogP) is 1.81. The summed E-state index contributed by atoms with van der Waals surface area (Å²) in [5, 5.41) is 9.22. The van der Waals surface area contributed by atoms with Crippen LogP contribution in [-0.4, -0.2) is 22.3 Å². The molecule has 0 radical (unpaired) electrons. The van der Waals surface area contributed by atoms with E-state index in [2.05, 4.69) is 0 Å². The van der Waals surface area contributed by atoms with Gasteiger partial charge in [0, 0.05) is 5.41 Å². The number of aliphatic carboxylic acids is 1. The van der Waals surface area contributed by atoms with Crippen LogP contribution in [0.25, 0.3) is 0 Å². The SMILES string of the molecule is CC1(C)CCCC2(C)OC12C(=O)O. The van der Waals surface area contributed by atoms with Crippen LogP contribution in [0.5, 0.6) is 0 Å². The lowest BCUT2D eigenvalue weighted by Crippen LogP contribution is -2.48. The Morgan fingerprint density at radius 3 is 2.31 bits per heavy atom. The minimum absolute atomic E-state index is 0.230. The molecule has 2 atom stereocenters. The first-order chi connectivity index (χ1) is 5.86. The van der Waals surface area contributed by atoms with Gasteiger partial charge in [-0.1, -0.05) is 13.8 Å². The van der Waals surface area contributed by atoms with Crippen LogP contribution in [0, 0.1) is 5.41 Å². The average Bonchev–Trinajstić information content (AvgIpc) is 2.58. The van der Waals surface area contributed by atoms with Crippen LogP contribution >= 0.6 is 0 Å². The smallest absolute Gasteiger partial charge is 0.339 e. The molecule has 13 heavy (non-hydrogen) atoms. The van der Waals surface area contributed by atoms with Gasteiger partial charge in [-0.25, -0.2) is 4.79 Å². The molecule has 0 amide bonds. The van der Waals surface area contributed by atoms with Crippen molar-refractivity contribution in [3.05, 3.63) is 0 Å². The lowest BCUT2D eigenvalue weighted by atomic mass is 9.64. The summed E-state index contributed by atoms with van der Waals surface area (Å²) in [4.78, 5) is 11.2. The third-order valence-corrected chi connectivity index (χ3v) is 3.79. The highest BCUT2D eigenvalue weighted by atomic mass is 16.7. The molecule has 2 rings (SSSR count). The van der Waals surface area contributed by atoms with Crippen LogP contribution in [0.4, 0.5) is 0 Å². The van der Waals surface area contributed by atoms with Gasteiger partial charge in [0.15, 0.2) is 5.60 Å². The van der Waals surface area contributed by atoms with E-state index in [9.17, 15) is 9.90 Å². The van der Waals surface area contributed by atoms with Crippen molar-refractivity contribution in [3.8, 4) is 0 Å². The van der Waals surface area contributed by atoms with Gasteiger partial charge in [0.2, 0.25) is 0 Å². The second-order valence-corrected chi connectivity index (χ2v) is 5.06. The highest BCUT2D eigenvalue weighted by molar-refractivity contribution is 5.84. The van der Waals surface area contributed by atoms with Crippen molar-refractivity contribution in [1.29, 1.82) is 0 Å². The van der Waals surface area contributed by atoms with E-state index in [0.717, 1.165) is 19.3 Å². The Labute approximate surface area is 78.1 Å². The number of hydrogen-bond donors (Lipinski definition) is 1. The molecular formula is C10H16O3. The Morgan fingerprint density at radius 2 is 1.92 bits per heavy atom. The Morgan fingerprint density at radius 1 is 1.31 bits per heavy atom. The summed E-state index contributed by atoms with van der Waals surface area (Å²) in [6.45, 7) is 5.90. The summed E-state index contributed by atoms with van der Waals surface area (Å²) in [6.07, 6.45) is 2.89. The Balaban J connectivity index is 2.41. The standard InChI is InChI=1S/C10H16O3/c1-8(2)5-4-6-9(3)10(8,13-9)7(11)12/h4-6H2,1-3H3,(H,11,12). The number of epoxide rings is 1. The van der Waals surface area contributed by atoms with Crippen molar-refractivity contribution in [3.63, 3.8) is 0 Å². The Bertz CT molecular complexity index is 271. The summed E-state index contributed by atoms with van der Waals surface area (Å²) in [6, 6.07) is 0. The number of carbonyl (C=O) groups is 1. The molecule has 1 saturated carbocycles. The first kappa shape index (κ1) is 9.00. The predicted molar refractivity (Wildman–Crippen MR) is 47.5 cm³/mol. The first-order valence-corrected chi connectivity index (χ1v) is 4.79. The van der Waals surface area contributed by atoms with Crippen LogP contribution in [0.3, 0.4) is 0 Å². The van der Waals surface area contributed by atoms with E-state index in [-0.39, 0.29) is 5.41 Å². The molecule has 2 aliphatic rings. The van der Waals surface area contributed by atoms with Gasteiger partial charge in [0.25, 0.3) is 0 Å². The molecule has 3 heteroatoms. The molecule has 3 nitrogen and oxygen atoms in total. The van der Waals surface area contributed by atoms with Gasteiger partial charge in [-0.15, -0.1) is 0 Å². The molecular weight excluding hydrogens is 168 g/mol. The molecule has 1 aliphatic carbocycles. The molecule has 1 heterocycles. The van der Waals surface area contributed by atoms with Crippen molar-refractivity contribution in [2.45, 2.75) is 51.2 Å². The molecule has 2 fully saturated rings. The topological polar surface area (TPSA) is 49.8 Å². The fraction of sp³-hybridized carbons (Fsp3) is 0.900. The van der Waals surface area contributed by atoms with Crippen molar-refractivity contribution >= 4 is 5.97 Å². The van der Waals surface area contributed by atoms with Gasteiger partial charge in [-0.3, -0.25) is 0 Å². The van der Waals surface area contributed by atoms with E-state index in [4.69, 9.17) is 4.74 Å². The number of carboxylic acids is 1. The van der Waals surface area contributed by atoms with Gasteiger partial charge in [-0.2, -0.15) is 0 Å². The normalized spacial score (nSPS) is 46.7. The number of fused-ring (bicyclic) bond motifs is 1. The summed E-state index contributed by atoms with van der Waals surface area (Å²) >= 11 is 0. The van der Waals surface area contributed by atoms with Crippen LogP contribution in [0.1, 0.15) is 40.0 Å². The maximum absolute atomic E-state index is 11.2. The Hall–Kier alpha value is -0.570. The maximum Gasteiger partial charge on any atom is 0.339 e. The zero-order chi connectivity index (χ0) is 9.91. The fourth-order valence-electron chi connectivity index (χ4n) is 3.00. The molecule has 1 aliphatic heterocycles. The highest BCUT2D eigenvalue weighted by Gasteiger charge is 2.79. The van der Waals surface area contributed by atoms with E-state index >= 15 is 0 Å². The van der Waals surface area contributed by atoms with E-state index in [1.54, 1.807) is 0 Å². The average molecular weight is 184 g/mol. The van der Waals surface area contributed by atoms with Gasteiger partial charge >= 0.3 is 5.97 Å². The van der Waals surface area contributed by atoms with E-state index in [0.29, 0.717) is 0 Å². The number of carboxylic acid groups (broad SMARTS) is 1. The van der Waals surface area contributed by atoms with Gasteiger partial charge < -0.3 is 9.84 Å². The zero-order valence-corrected chi connectivity index (χ0v) is 8.39. The van der Waals surface area contributed by atoms with Gasteiger partial charge in [-0.05, 0) is 26.2 Å². The van der Waals surface area contributed by atoms with E-state index in [1.165, 1.54) is 0 Å². The summed E-state index contributed by atoms with van der Waals surface area (Å²) in [5.74, 6) is -0.792. The zero-order valence-electron chi connectivity index (χ0n) is 8.39. The van der Waals surface area contributed by atoms with E-state index in [1.807, 2.05) is 20.8 Å². The molecule has 1 saturated heterocycles. The van der Waals surface area contributed by atoms with Crippen molar-refractivity contribution in [2.24, 2.45) is 5.41 Å². The van der Waals surface area contributed by atoms with Crippen LogP contribution in [-0.2, 0) is 9.53 Å². The lowest BCUT2D eigenvalue weighted by Gasteiger charge is -2.35. The molecule has 1 N–H and O–H groups in total. The molecule has 74 valence electrons. The molecule has 0 spiro atoms. The minimum atomic E-state index is -0.905. The maximum atomic E-state index is 11.2. The van der Waals surface area contributed by atoms with Crippen LogP contribution < -0.4 is 0 Å². The largest absolute Gasteiger partial charge is 0.479 e. The van der Waals surface area contributed by atoms with Gasteiger partial charge in [0.05, 0.1) is 0 Å². The number of ether oxygens (including phenoxy) is 1. The summed E-state index contributed by atoms with van der Waals surface area (Å²) in [7, 11) is 0. The fourth-order valence-corrected chi connectivity index (χ4v) is 3.00. The monoisotopic (exact) mass is 184 g/mol. The quantitative estimate of drug-likeness (QED) is 0.632. The van der Waals surface area contributed by atoms with E-state index < -0.39 is 17.2 Å². The molecule has 0 bridgehead atoms. The van der Waals surface area contributed by atoms with Crippen LogP contribution in [0.2, 0.25) is 0 Å². The molecule has 0 aromatic rings. The van der Waals surface area contributed by atoms with Crippen LogP contribution in [0.15, 0.2) is 0 Å². The van der Waals surface area contributed by atoms with Gasteiger partial charge in [0.1, 0.15) is 5.60 Å².